The molecule has 1 aromatic carbocycles. The van der Waals surface area contributed by atoms with Crippen LogP contribution in [0.4, 0.5) is 0 Å². The van der Waals surface area contributed by atoms with Crippen LogP contribution in [0.25, 0.3) is 0 Å². The molecule has 0 unspecified atom stereocenters. The van der Waals surface area contributed by atoms with Crippen LogP contribution in [0.15, 0.2) is 29.8 Å². The van der Waals surface area contributed by atoms with Crippen LogP contribution in [-0.2, 0) is 0 Å². The maximum atomic E-state index is 5.81. The summed E-state index contributed by atoms with van der Waals surface area (Å²) in [4.78, 5) is 3.98. The van der Waals surface area contributed by atoms with Crippen LogP contribution in [0.5, 0.6) is 10.9 Å². The number of hydrogen-bond acceptors (Lipinski definition) is 3. The summed E-state index contributed by atoms with van der Waals surface area (Å²) in [6.07, 6.45) is 1.67. The van der Waals surface area contributed by atoms with Crippen molar-refractivity contribution in [2.45, 2.75) is 0 Å². The molecule has 0 aliphatic rings. The van der Waals surface area contributed by atoms with Gasteiger partial charge in [-0.05, 0) is 18.2 Å². The molecule has 14 heavy (non-hydrogen) atoms. The first-order chi connectivity index (χ1) is 6.74. The van der Waals surface area contributed by atoms with Crippen molar-refractivity contribution in [2.24, 2.45) is 0 Å². The van der Waals surface area contributed by atoms with Crippen LogP contribution in [-0.4, -0.2) is 4.98 Å². The third-order valence-corrected chi connectivity index (χ3v) is 2.54. The molecular weight excluding hydrogens is 241 g/mol. The zero-order valence-electron chi connectivity index (χ0n) is 6.91. The Labute approximate surface area is 95.1 Å². The number of halogens is 2. The minimum Gasteiger partial charge on any atom is -0.431 e. The molecule has 5 heteroatoms. The maximum absolute atomic E-state index is 5.81. The molecule has 0 saturated carbocycles. The third-order valence-electron chi connectivity index (χ3n) is 1.45. The summed E-state index contributed by atoms with van der Waals surface area (Å²) in [6, 6.07) is 5.03. The molecule has 2 rings (SSSR count). The van der Waals surface area contributed by atoms with E-state index in [1.165, 1.54) is 11.3 Å². The monoisotopic (exact) mass is 245 g/mol. The minimum atomic E-state index is 0.545. The smallest absolute Gasteiger partial charge is 0.278 e. The van der Waals surface area contributed by atoms with Crippen LogP contribution in [0, 0.1) is 0 Å². The summed E-state index contributed by atoms with van der Waals surface area (Å²) < 4.78 is 5.42. The lowest BCUT2D eigenvalue weighted by atomic mass is 10.3. The van der Waals surface area contributed by atoms with Crippen molar-refractivity contribution in [1.82, 2.24) is 4.98 Å². The van der Waals surface area contributed by atoms with E-state index in [0.717, 1.165) is 0 Å². The molecule has 0 bridgehead atoms. The fourth-order valence-electron chi connectivity index (χ4n) is 0.949. The Hall–Kier alpha value is -0.770. The summed E-state index contributed by atoms with van der Waals surface area (Å²) in [7, 11) is 0. The molecule has 0 atom stereocenters. The summed E-state index contributed by atoms with van der Waals surface area (Å²) >= 11 is 13.0. The second-order valence-electron chi connectivity index (χ2n) is 2.51. The molecule has 2 nitrogen and oxygen atoms in total. The Balaban J connectivity index is 2.25. The lowest BCUT2D eigenvalue weighted by Gasteiger charge is -2.02. The van der Waals surface area contributed by atoms with Gasteiger partial charge in [0, 0.05) is 21.6 Å². The topological polar surface area (TPSA) is 22.1 Å². The van der Waals surface area contributed by atoms with Crippen LogP contribution < -0.4 is 4.74 Å². The molecule has 0 N–H and O–H groups in total. The number of hydrogen-bond donors (Lipinski definition) is 0. The van der Waals surface area contributed by atoms with Crippen molar-refractivity contribution in [3.8, 4) is 10.9 Å². The largest absolute Gasteiger partial charge is 0.431 e. The molecule has 0 fully saturated rings. The summed E-state index contributed by atoms with van der Waals surface area (Å²) in [6.45, 7) is 0. The number of nitrogens with zero attached hydrogens (tertiary/aromatic N) is 1. The molecule has 0 aliphatic carbocycles. The van der Waals surface area contributed by atoms with E-state index in [4.69, 9.17) is 27.9 Å². The van der Waals surface area contributed by atoms with Gasteiger partial charge < -0.3 is 4.74 Å². The van der Waals surface area contributed by atoms with Gasteiger partial charge in [-0.3, -0.25) is 0 Å². The first kappa shape index (κ1) is 9.77. The standard InChI is InChI=1S/C9H5Cl2NOS/c10-6-3-7(11)5-8(4-6)13-9-12-1-2-14-9/h1-5H. The minimum absolute atomic E-state index is 0.545. The Bertz CT molecular complexity index is 410. The first-order valence-corrected chi connectivity index (χ1v) is 5.41. The first-order valence-electron chi connectivity index (χ1n) is 3.77. The lowest BCUT2D eigenvalue weighted by molar-refractivity contribution is 0.479. The van der Waals surface area contributed by atoms with Crippen molar-refractivity contribution in [1.29, 1.82) is 0 Å². The van der Waals surface area contributed by atoms with Crippen LogP contribution >= 0.6 is 34.5 Å². The average Bonchev–Trinajstić information content (AvgIpc) is 2.54. The normalized spacial score (nSPS) is 10.1. The van der Waals surface area contributed by atoms with Gasteiger partial charge in [-0.2, -0.15) is 0 Å². The summed E-state index contributed by atoms with van der Waals surface area (Å²) in [5, 5.41) is 3.50. The second kappa shape index (κ2) is 4.17. The maximum Gasteiger partial charge on any atom is 0.278 e. The van der Waals surface area contributed by atoms with Gasteiger partial charge in [0.25, 0.3) is 5.19 Å². The highest BCUT2D eigenvalue weighted by Gasteiger charge is 2.02. The highest BCUT2D eigenvalue weighted by Crippen LogP contribution is 2.28. The van der Waals surface area contributed by atoms with Crippen molar-refractivity contribution < 1.29 is 4.74 Å². The van der Waals surface area contributed by atoms with Crippen molar-refractivity contribution in [2.75, 3.05) is 0 Å². The fraction of sp³-hybridized carbons (Fsp3) is 0. The molecule has 72 valence electrons. The average molecular weight is 246 g/mol. The molecule has 2 aromatic rings. The second-order valence-corrected chi connectivity index (χ2v) is 4.24. The van der Waals surface area contributed by atoms with Gasteiger partial charge >= 0.3 is 0 Å². The Morgan fingerprint density at radius 2 is 1.86 bits per heavy atom. The van der Waals surface area contributed by atoms with Crippen molar-refractivity contribution in [3.05, 3.63) is 39.8 Å². The zero-order chi connectivity index (χ0) is 9.97. The molecule has 1 heterocycles. The molecule has 1 aromatic heterocycles. The van der Waals surface area contributed by atoms with Gasteiger partial charge in [0.1, 0.15) is 5.75 Å². The Kier molecular flexibility index (Phi) is 2.91. The summed E-state index contributed by atoms with van der Waals surface area (Å²) in [5.74, 6) is 0.595. The molecule has 0 saturated heterocycles. The van der Waals surface area contributed by atoms with Gasteiger partial charge in [0.15, 0.2) is 0 Å². The van der Waals surface area contributed by atoms with Crippen LogP contribution in [0.2, 0.25) is 10.0 Å². The van der Waals surface area contributed by atoms with Gasteiger partial charge in [0.2, 0.25) is 0 Å². The fourth-order valence-corrected chi connectivity index (χ4v) is 1.96. The highest BCUT2D eigenvalue weighted by atomic mass is 35.5. The number of benzene rings is 1. The summed E-state index contributed by atoms with van der Waals surface area (Å²) in [5.41, 5.74) is 0. The van der Waals surface area contributed by atoms with Gasteiger partial charge in [0.05, 0.1) is 0 Å². The van der Waals surface area contributed by atoms with E-state index in [1.54, 1.807) is 24.4 Å². The Morgan fingerprint density at radius 3 is 2.43 bits per heavy atom. The Morgan fingerprint density at radius 1 is 1.14 bits per heavy atom. The van der Waals surface area contributed by atoms with E-state index < -0.39 is 0 Å². The van der Waals surface area contributed by atoms with Crippen LogP contribution in [0.1, 0.15) is 0 Å². The third kappa shape index (κ3) is 2.38. The van der Waals surface area contributed by atoms with Crippen molar-refractivity contribution >= 4 is 34.5 Å². The number of rotatable bonds is 2. The predicted molar refractivity (Wildman–Crippen MR) is 58.7 cm³/mol. The van der Waals surface area contributed by atoms with E-state index in [-0.39, 0.29) is 0 Å². The van der Waals surface area contributed by atoms with E-state index in [1.807, 2.05) is 5.38 Å². The van der Waals surface area contributed by atoms with E-state index in [2.05, 4.69) is 4.98 Å². The van der Waals surface area contributed by atoms with Gasteiger partial charge in [-0.15, -0.1) is 0 Å². The van der Waals surface area contributed by atoms with Gasteiger partial charge in [-0.25, -0.2) is 4.98 Å². The van der Waals surface area contributed by atoms with E-state index in [9.17, 15) is 0 Å². The molecular formula is C9H5Cl2NOS. The van der Waals surface area contributed by atoms with E-state index >= 15 is 0 Å². The van der Waals surface area contributed by atoms with E-state index in [0.29, 0.717) is 21.0 Å². The number of aromatic nitrogens is 1. The SMILES string of the molecule is Clc1cc(Cl)cc(Oc2nccs2)c1. The number of thiazole rings is 1. The molecule has 0 aliphatic heterocycles. The van der Waals surface area contributed by atoms with Gasteiger partial charge in [-0.1, -0.05) is 34.5 Å². The zero-order valence-corrected chi connectivity index (χ0v) is 9.23. The predicted octanol–water partition coefficient (Wildman–Crippen LogP) is 4.24. The molecule has 0 amide bonds. The van der Waals surface area contributed by atoms with Crippen LogP contribution in [0.3, 0.4) is 0 Å². The lowest BCUT2D eigenvalue weighted by Crippen LogP contribution is -1.82. The highest BCUT2D eigenvalue weighted by molar-refractivity contribution is 7.11. The van der Waals surface area contributed by atoms with Crippen molar-refractivity contribution in [3.63, 3.8) is 0 Å². The quantitative estimate of drug-likeness (QED) is 0.790. The number of ether oxygens (including phenoxy) is 1. The molecule has 0 radical (unpaired) electrons. The molecule has 0 spiro atoms.